The lowest BCUT2D eigenvalue weighted by Crippen LogP contribution is -2.41. The lowest BCUT2D eigenvalue weighted by Gasteiger charge is -2.32. The van der Waals surface area contributed by atoms with Gasteiger partial charge in [-0.25, -0.2) is 14.2 Å². The van der Waals surface area contributed by atoms with Gasteiger partial charge in [-0.05, 0) is 36.8 Å². The van der Waals surface area contributed by atoms with Crippen molar-refractivity contribution in [2.24, 2.45) is 11.8 Å². The van der Waals surface area contributed by atoms with Crippen LogP contribution < -0.4 is 4.90 Å². The van der Waals surface area contributed by atoms with Crippen LogP contribution in [0.15, 0.2) is 42.5 Å². The molecule has 0 unspecified atom stereocenters. The normalized spacial score (nSPS) is 24.2. The predicted molar refractivity (Wildman–Crippen MR) is 103 cm³/mol. The average Bonchev–Trinajstić information content (AvgIpc) is 3.18. The number of carbonyl (C=O) groups is 1. The van der Waals surface area contributed by atoms with Gasteiger partial charge < -0.3 is 14.7 Å². The Labute approximate surface area is 159 Å². The van der Waals surface area contributed by atoms with Crippen molar-refractivity contribution < 1.29 is 9.18 Å². The Morgan fingerprint density at radius 2 is 1.93 bits per heavy atom. The molecule has 1 aromatic heterocycles. The average molecular weight is 368 g/mol. The molecule has 2 aliphatic rings. The van der Waals surface area contributed by atoms with Crippen molar-refractivity contribution in [3.8, 4) is 0 Å². The van der Waals surface area contributed by atoms with Gasteiger partial charge in [0.15, 0.2) is 0 Å². The minimum Gasteiger partial charge on any atom is -0.356 e. The van der Waals surface area contributed by atoms with Crippen molar-refractivity contribution >= 4 is 11.8 Å². The van der Waals surface area contributed by atoms with Gasteiger partial charge in [0.2, 0.25) is 0 Å². The number of benzene rings is 1. The first-order valence-electron chi connectivity index (χ1n) is 9.36. The van der Waals surface area contributed by atoms with Crippen LogP contribution in [0.25, 0.3) is 0 Å². The predicted octanol–water partition coefficient (Wildman–Crippen LogP) is 3.32. The summed E-state index contributed by atoms with van der Waals surface area (Å²) < 4.78 is 13.9. The van der Waals surface area contributed by atoms with E-state index < -0.39 is 0 Å². The molecule has 0 radical (unpaired) electrons. The van der Waals surface area contributed by atoms with E-state index in [9.17, 15) is 9.18 Å². The van der Waals surface area contributed by atoms with Crippen molar-refractivity contribution in [3.05, 3.63) is 59.5 Å². The molecule has 0 saturated carbocycles. The second-order valence-corrected chi connectivity index (χ2v) is 7.80. The van der Waals surface area contributed by atoms with Crippen LogP contribution in [-0.2, 0) is 0 Å². The molecular formula is C21H25FN4O. The number of aromatic nitrogens is 1. The Morgan fingerprint density at radius 3 is 2.63 bits per heavy atom. The molecule has 2 fully saturated rings. The van der Waals surface area contributed by atoms with Crippen LogP contribution in [0.2, 0.25) is 0 Å². The van der Waals surface area contributed by atoms with E-state index in [4.69, 9.17) is 0 Å². The summed E-state index contributed by atoms with van der Waals surface area (Å²) in [5, 5.41) is 0. The Hall–Kier alpha value is -2.63. The third kappa shape index (κ3) is 3.24. The largest absolute Gasteiger partial charge is 0.356 e. The zero-order valence-electron chi connectivity index (χ0n) is 16.0. The van der Waals surface area contributed by atoms with Gasteiger partial charge in [-0.1, -0.05) is 18.2 Å². The summed E-state index contributed by atoms with van der Waals surface area (Å²) in [6.07, 6.45) is 0. The fraction of sp³-hybridized carbons (Fsp3) is 0.429. The van der Waals surface area contributed by atoms with E-state index in [1.54, 1.807) is 31.1 Å². The van der Waals surface area contributed by atoms with Crippen molar-refractivity contribution in [1.82, 2.24) is 14.8 Å². The molecule has 2 amide bonds. The summed E-state index contributed by atoms with van der Waals surface area (Å²) in [6, 6.07) is 12.6. The molecule has 27 heavy (non-hydrogen) atoms. The fourth-order valence-electron chi connectivity index (χ4n) is 4.51. The molecule has 5 nitrogen and oxygen atoms in total. The number of amides is 2. The monoisotopic (exact) mass is 368 g/mol. The van der Waals surface area contributed by atoms with Crippen molar-refractivity contribution in [3.63, 3.8) is 0 Å². The highest BCUT2D eigenvalue weighted by Crippen LogP contribution is 2.46. The maximum atomic E-state index is 13.9. The van der Waals surface area contributed by atoms with Crippen molar-refractivity contribution in [2.75, 3.05) is 38.6 Å². The zero-order valence-corrected chi connectivity index (χ0v) is 16.0. The number of aryl methyl sites for hydroxylation is 1. The van der Waals surface area contributed by atoms with E-state index in [1.807, 2.05) is 36.1 Å². The molecule has 2 saturated heterocycles. The summed E-state index contributed by atoms with van der Waals surface area (Å²) in [5.41, 5.74) is 1.87. The third-order valence-electron chi connectivity index (χ3n) is 5.68. The summed E-state index contributed by atoms with van der Waals surface area (Å²) in [4.78, 5) is 23.2. The van der Waals surface area contributed by atoms with Gasteiger partial charge in [0.1, 0.15) is 11.6 Å². The number of hydrogen-bond acceptors (Lipinski definition) is 3. The van der Waals surface area contributed by atoms with Gasteiger partial charge in [-0.3, -0.25) is 0 Å². The summed E-state index contributed by atoms with van der Waals surface area (Å²) in [6.45, 7) is 4.36. The number of rotatable bonds is 2. The van der Waals surface area contributed by atoms with E-state index in [-0.39, 0.29) is 23.8 Å². The molecule has 142 valence electrons. The van der Waals surface area contributed by atoms with E-state index in [0.29, 0.717) is 12.5 Å². The minimum atomic E-state index is -0.261. The maximum Gasteiger partial charge on any atom is 0.320 e. The highest BCUT2D eigenvalue weighted by Gasteiger charge is 2.49. The number of urea groups is 1. The molecule has 0 spiro atoms. The first kappa shape index (κ1) is 17.8. The number of likely N-dealkylation sites (tertiary alicyclic amines) is 1. The van der Waals surface area contributed by atoms with E-state index in [2.05, 4.69) is 9.88 Å². The molecular weight excluding hydrogens is 343 g/mol. The topological polar surface area (TPSA) is 39.7 Å². The lowest BCUT2D eigenvalue weighted by atomic mass is 9.89. The van der Waals surface area contributed by atoms with Gasteiger partial charge in [0.05, 0.1) is 6.04 Å². The first-order valence-corrected chi connectivity index (χ1v) is 9.36. The van der Waals surface area contributed by atoms with Gasteiger partial charge >= 0.3 is 6.03 Å². The molecule has 0 aliphatic carbocycles. The van der Waals surface area contributed by atoms with Crippen LogP contribution in [0.1, 0.15) is 17.3 Å². The fourth-order valence-corrected chi connectivity index (χ4v) is 4.51. The van der Waals surface area contributed by atoms with Gasteiger partial charge in [-0.2, -0.15) is 0 Å². The number of nitrogens with zero attached hydrogens (tertiary/aromatic N) is 4. The van der Waals surface area contributed by atoms with Gasteiger partial charge in [0.25, 0.3) is 0 Å². The molecule has 4 rings (SSSR count). The summed E-state index contributed by atoms with van der Waals surface area (Å²) in [5.74, 6) is 1.33. The number of fused-ring (bicyclic) bond motifs is 1. The van der Waals surface area contributed by atoms with Crippen LogP contribution in [0.4, 0.5) is 15.0 Å². The number of anilines is 1. The molecule has 6 heteroatoms. The lowest BCUT2D eigenvalue weighted by molar-refractivity contribution is 0.159. The van der Waals surface area contributed by atoms with Crippen molar-refractivity contribution in [1.29, 1.82) is 0 Å². The molecule has 0 bridgehead atoms. The smallest absolute Gasteiger partial charge is 0.320 e. The Morgan fingerprint density at radius 1 is 1.15 bits per heavy atom. The Balaban J connectivity index is 1.65. The number of hydrogen-bond donors (Lipinski definition) is 0. The second kappa shape index (κ2) is 6.83. The van der Waals surface area contributed by atoms with Crippen LogP contribution >= 0.6 is 0 Å². The number of pyridine rings is 1. The number of halogens is 1. The first-order chi connectivity index (χ1) is 12.9. The Bertz CT molecular complexity index is 856. The van der Waals surface area contributed by atoms with Crippen molar-refractivity contribution in [2.45, 2.75) is 13.0 Å². The van der Waals surface area contributed by atoms with E-state index in [0.717, 1.165) is 30.2 Å². The zero-order chi connectivity index (χ0) is 19.1. The number of carbonyl (C=O) groups excluding carboxylic acids is 1. The van der Waals surface area contributed by atoms with Gasteiger partial charge in [-0.15, -0.1) is 0 Å². The highest BCUT2D eigenvalue weighted by atomic mass is 19.1. The van der Waals surface area contributed by atoms with Crippen LogP contribution in [0.5, 0.6) is 0 Å². The molecule has 3 atom stereocenters. The van der Waals surface area contributed by atoms with Crippen LogP contribution in [0, 0.1) is 24.6 Å². The third-order valence-corrected chi connectivity index (χ3v) is 5.68. The van der Waals surface area contributed by atoms with Crippen LogP contribution in [-0.4, -0.2) is 54.5 Å². The van der Waals surface area contributed by atoms with E-state index in [1.165, 1.54) is 6.07 Å². The summed E-state index contributed by atoms with van der Waals surface area (Å²) in [7, 11) is 3.53. The Kier molecular flexibility index (Phi) is 4.50. The SMILES string of the molecule is Cc1cccc(N2C[C@@H]3CN(C(=O)N(C)C)[C@H](c4cccc(F)c4)[C@@H]3C2)n1. The standard InChI is InChI=1S/C21H25FN4O/c1-14-6-4-9-19(23-14)25-11-16-12-26(21(27)24(2)3)20(18(16)13-25)15-7-5-8-17(22)10-15/h4-10,16,18,20H,11-13H2,1-3H3/t16-,18-,20-/m1/s1. The second-order valence-electron chi connectivity index (χ2n) is 7.80. The molecule has 3 heterocycles. The molecule has 0 N–H and O–H groups in total. The van der Waals surface area contributed by atoms with Gasteiger partial charge in [0, 0.05) is 51.3 Å². The molecule has 1 aromatic carbocycles. The maximum absolute atomic E-state index is 13.9. The van der Waals surface area contributed by atoms with E-state index >= 15 is 0 Å². The highest BCUT2D eigenvalue weighted by molar-refractivity contribution is 5.75. The summed E-state index contributed by atoms with van der Waals surface area (Å²) >= 11 is 0. The minimum absolute atomic E-state index is 0.0149. The quantitative estimate of drug-likeness (QED) is 0.816. The molecule has 2 aromatic rings. The molecule has 2 aliphatic heterocycles. The van der Waals surface area contributed by atoms with Crippen LogP contribution in [0.3, 0.4) is 0 Å².